The Balaban J connectivity index is 3.64. The lowest BCUT2D eigenvalue weighted by molar-refractivity contribution is 0.148. The Labute approximate surface area is 92.1 Å². The highest BCUT2D eigenvalue weighted by Gasteiger charge is 2.10. The quantitative estimate of drug-likeness (QED) is 0.603. The molecule has 86 valence electrons. The van der Waals surface area contributed by atoms with Crippen molar-refractivity contribution < 1.29 is 9.47 Å². The molecule has 0 aliphatic carbocycles. The Morgan fingerprint density at radius 1 is 1.21 bits per heavy atom. The minimum atomic E-state index is 0.351. The highest BCUT2D eigenvalue weighted by atomic mass is 35.5. The van der Waals surface area contributed by atoms with Gasteiger partial charge in [0.05, 0.1) is 6.61 Å². The molecule has 2 unspecified atom stereocenters. The largest absolute Gasteiger partial charge is 0.385 e. The van der Waals surface area contributed by atoms with Gasteiger partial charge < -0.3 is 14.8 Å². The van der Waals surface area contributed by atoms with E-state index >= 15 is 0 Å². The molecule has 0 aliphatic heterocycles. The molecule has 0 heterocycles. The van der Waals surface area contributed by atoms with Crippen LogP contribution in [0.3, 0.4) is 0 Å². The molecule has 0 saturated heterocycles. The molecule has 0 aromatic heterocycles. The minimum absolute atomic E-state index is 0.351. The molecule has 2 atom stereocenters. The molecular weight excluding hydrogens is 202 g/mol. The zero-order valence-corrected chi connectivity index (χ0v) is 10.1. The van der Waals surface area contributed by atoms with Crippen LogP contribution in [0.2, 0.25) is 0 Å². The lowest BCUT2D eigenvalue weighted by Crippen LogP contribution is -2.40. The summed E-state index contributed by atoms with van der Waals surface area (Å²) >= 11 is 5.70. The monoisotopic (exact) mass is 223 g/mol. The molecule has 0 spiro atoms. The Morgan fingerprint density at radius 3 is 2.43 bits per heavy atom. The van der Waals surface area contributed by atoms with Crippen LogP contribution in [0.15, 0.2) is 0 Å². The summed E-state index contributed by atoms with van der Waals surface area (Å²) in [6.45, 7) is 3.65. The average Bonchev–Trinajstić information content (AvgIpc) is 2.15. The van der Waals surface area contributed by atoms with Crippen molar-refractivity contribution in [1.29, 1.82) is 0 Å². The van der Waals surface area contributed by atoms with Crippen molar-refractivity contribution in [2.75, 3.05) is 33.3 Å². The highest BCUT2D eigenvalue weighted by molar-refractivity contribution is 6.17. The van der Waals surface area contributed by atoms with E-state index in [0.29, 0.717) is 24.6 Å². The number of methoxy groups -OCH3 is 2. The van der Waals surface area contributed by atoms with Crippen LogP contribution >= 0.6 is 11.6 Å². The lowest BCUT2D eigenvalue weighted by Gasteiger charge is -2.21. The SMILES string of the molecule is COCCC(C)NC(CCCl)COC. The van der Waals surface area contributed by atoms with Crippen LogP contribution in [0, 0.1) is 0 Å². The smallest absolute Gasteiger partial charge is 0.0616 e. The molecule has 14 heavy (non-hydrogen) atoms. The van der Waals surface area contributed by atoms with Gasteiger partial charge in [0.1, 0.15) is 0 Å². The summed E-state index contributed by atoms with van der Waals surface area (Å²) in [4.78, 5) is 0. The first-order valence-electron chi connectivity index (χ1n) is 5.04. The molecule has 0 aromatic carbocycles. The first-order chi connectivity index (χ1) is 6.74. The van der Waals surface area contributed by atoms with E-state index < -0.39 is 0 Å². The van der Waals surface area contributed by atoms with Crippen LogP contribution in [0.25, 0.3) is 0 Å². The van der Waals surface area contributed by atoms with Crippen molar-refractivity contribution in [2.24, 2.45) is 0 Å². The molecular formula is C10H22ClNO2. The van der Waals surface area contributed by atoms with E-state index in [9.17, 15) is 0 Å². The Morgan fingerprint density at radius 2 is 1.93 bits per heavy atom. The normalized spacial score (nSPS) is 15.4. The summed E-state index contributed by atoms with van der Waals surface area (Å²) < 4.78 is 10.1. The van der Waals surface area contributed by atoms with Crippen LogP contribution in [0.1, 0.15) is 19.8 Å². The van der Waals surface area contributed by atoms with Crippen molar-refractivity contribution in [1.82, 2.24) is 5.32 Å². The van der Waals surface area contributed by atoms with Gasteiger partial charge in [0, 0.05) is 38.8 Å². The second-order valence-electron chi connectivity index (χ2n) is 3.48. The molecule has 0 saturated carbocycles. The fraction of sp³-hybridized carbons (Fsp3) is 1.00. The molecule has 0 amide bonds. The van der Waals surface area contributed by atoms with Gasteiger partial charge in [0.25, 0.3) is 0 Å². The van der Waals surface area contributed by atoms with E-state index in [1.165, 1.54) is 0 Å². The molecule has 3 nitrogen and oxygen atoms in total. The zero-order chi connectivity index (χ0) is 10.8. The molecule has 0 fully saturated rings. The van der Waals surface area contributed by atoms with Crippen molar-refractivity contribution in [3.8, 4) is 0 Å². The van der Waals surface area contributed by atoms with Crippen LogP contribution < -0.4 is 5.32 Å². The molecule has 0 aliphatic rings. The molecule has 0 radical (unpaired) electrons. The third kappa shape index (κ3) is 7.56. The molecule has 0 aromatic rings. The van der Waals surface area contributed by atoms with Gasteiger partial charge in [-0.3, -0.25) is 0 Å². The molecule has 4 heteroatoms. The van der Waals surface area contributed by atoms with Crippen molar-refractivity contribution in [3.05, 3.63) is 0 Å². The summed E-state index contributed by atoms with van der Waals surface area (Å²) in [6.07, 6.45) is 1.95. The second kappa shape index (κ2) is 9.71. The molecule has 1 N–H and O–H groups in total. The topological polar surface area (TPSA) is 30.5 Å². The van der Waals surface area contributed by atoms with Crippen LogP contribution in [0.5, 0.6) is 0 Å². The number of ether oxygens (including phenoxy) is 2. The lowest BCUT2D eigenvalue weighted by atomic mass is 10.1. The van der Waals surface area contributed by atoms with Gasteiger partial charge in [-0.2, -0.15) is 0 Å². The first-order valence-corrected chi connectivity index (χ1v) is 5.58. The standard InChI is InChI=1S/C10H22ClNO2/c1-9(5-7-13-2)12-10(4-6-11)8-14-3/h9-10,12H,4-8H2,1-3H3. The maximum Gasteiger partial charge on any atom is 0.0616 e. The highest BCUT2D eigenvalue weighted by Crippen LogP contribution is 2.00. The number of hydrogen-bond acceptors (Lipinski definition) is 3. The number of halogens is 1. The predicted molar refractivity (Wildman–Crippen MR) is 60.1 cm³/mol. The second-order valence-corrected chi connectivity index (χ2v) is 3.86. The molecule has 0 bridgehead atoms. The minimum Gasteiger partial charge on any atom is -0.385 e. The van der Waals surface area contributed by atoms with E-state index in [1.54, 1.807) is 14.2 Å². The van der Waals surface area contributed by atoms with Gasteiger partial charge in [-0.1, -0.05) is 0 Å². The van der Waals surface area contributed by atoms with Crippen LogP contribution in [0.4, 0.5) is 0 Å². The number of hydrogen-bond donors (Lipinski definition) is 1. The van der Waals surface area contributed by atoms with Crippen molar-refractivity contribution >= 4 is 11.6 Å². The van der Waals surface area contributed by atoms with E-state index in [-0.39, 0.29) is 0 Å². The predicted octanol–water partition coefficient (Wildman–Crippen LogP) is 1.64. The number of rotatable bonds is 9. The number of nitrogens with one attached hydrogen (secondary N) is 1. The maximum atomic E-state index is 5.70. The Bertz CT molecular complexity index is 119. The van der Waals surface area contributed by atoms with E-state index in [1.807, 2.05) is 0 Å². The first kappa shape index (κ1) is 14.2. The van der Waals surface area contributed by atoms with Gasteiger partial charge in [-0.25, -0.2) is 0 Å². The summed E-state index contributed by atoms with van der Waals surface area (Å²) in [6, 6.07) is 0.794. The summed E-state index contributed by atoms with van der Waals surface area (Å²) in [5.74, 6) is 0.665. The van der Waals surface area contributed by atoms with Gasteiger partial charge in [0.2, 0.25) is 0 Å². The Kier molecular flexibility index (Phi) is 9.83. The third-order valence-electron chi connectivity index (χ3n) is 2.10. The van der Waals surface area contributed by atoms with Crippen LogP contribution in [-0.4, -0.2) is 45.4 Å². The summed E-state index contributed by atoms with van der Waals surface area (Å²) in [5, 5.41) is 3.46. The van der Waals surface area contributed by atoms with Crippen molar-refractivity contribution in [2.45, 2.75) is 31.8 Å². The van der Waals surface area contributed by atoms with E-state index in [0.717, 1.165) is 19.4 Å². The summed E-state index contributed by atoms with van der Waals surface area (Å²) in [5.41, 5.74) is 0. The van der Waals surface area contributed by atoms with E-state index in [2.05, 4.69) is 12.2 Å². The maximum absolute atomic E-state index is 5.70. The van der Waals surface area contributed by atoms with Gasteiger partial charge in [-0.05, 0) is 19.8 Å². The third-order valence-corrected chi connectivity index (χ3v) is 2.32. The van der Waals surface area contributed by atoms with E-state index in [4.69, 9.17) is 21.1 Å². The number of alkyl halides is 1. The van der Waals surface area contributed by atoms with Crippen LogP contribution in [-0.2, 0) is 9.47 Å². The molecule has 0 rings (SSSR count). The Hall–Kier alpha value is 0.170. The van der Waals surface area contributed by atoms with Gasteiger partial charge in [0.15, 0.2) is 0 Å². The van der Waals surface area contributed by atoms with Gasteiger partial charge in [-0.15, -0.1) is 11.6 Å². The fourth-order valence-corrected chi connectivity index (χ4v) is 1.59. The van der Waals surface area contributed by atoms with Crippen molar-refractivity contribution in [3.63, 3.8) is 0 Å². The average molecular weight is 224 g/mol. The fourth-order valence-electron chi connectivity index (χ4n) is 1.33. The summed E-state index contributed by atoms with van der Waals surface area (Å²) in [7, 11) is 3.43. The van der Waals surface area contributed by atoms with Gasteiger partial charge >= 0.3 is 0 Å². The zero-order valence-electron chi connectivity index (χ0n) is 9.38.